The normalized spacial score (nSPS) is 24.6. The maximum absolute atomic E-state index is 8.88. The van der Waals surface area contributed by atoms with E-state index >= 15 is 0 Å². The minimum atomic E-state index is -0.293. The van der Waals surface area contributed by atoms with E-state index in [0.29, 0.717) is 0 Å². The van der Waals surface area contributed by atoms with Gasteiger partial charge in [0.25, 0.3) is 0 Å². The largest absolute Gasteiger partial charge is 0.329 e. The maximum atomic E-state index is 8.88. The number of hydrogen-bond donors (Lipinski definition) is 2. The average Bonchev–Trinajstić information content (AvgIpc) is 2.06. The van der Waals surface area contributed by atoms with Gasteiger partial charge in [-0.15, -0.1) is 0 Å². The molecule has 2 nitrogen and oxygen atoms in total. The van der Waals surface area contributed by atoms with Gasteiger partial charge in [0.05, 0.1) is 0 Å². The Morgan fingerprint density at radius 1 is 0.900 bits per heavy atom. The van der Waals surface area contributed by atoms with Crippen molar-refractivity contribution in [2.45, 2.75) is 36.2 Å². The lowest BCUT2D eigenvalue weighted by molar-refractivity contribution is 0.461. The topological polar surface area (TPSA) is 40.5 Å². The van der Waals surface area contributed by atoms with Crippen LogP contribution < -0.4 is 0 Å². The zero-order chi connectivity index (χ0) is 7.45. The second-order valence-corrected chi connectivity index (χ2v) is 4.84. The summed E-state index contributed by atoms with van der Waals surface area (Å²) in [6, 6.07) is 0. The molecule has 1 fully saturated rings. The maximum Gasteiger partial charge on any atom is 0.113 e. The zero-order valence-electron chi connectivity index (χ0n) is 5.75. The summed E-state index contributed by atoms with van der Waals surface area (Å²) in [6.07, 6.45) is 5.34. The Morgan fingerprint density at radius 3 is 1.70 bits per heavy atom. The van der Waals surface area contributed by atoms with Gasteiger partial charge in [-0.05, 0) is 12.8 Å². The molecule has 0 spiro atoms. The highest BCUT2D eigenvalue weighted by Crippen LogP contribution is 2.45. The molecule has 10 heavy (non-hydrogen) atoms. The van der Waals surface area contributed by atoms with E-state index in [9.17, 15) is 0 Å². The standard InChI is InChI=1S/C6H12O2S2/c7-9-6(10-8)4-2-1-3-5-6/h7-8H,1-5H2. The molecular weight excluding hydrogens is 168 g/mol. The summed E-state index contributed by atoms with van der Waals surface area (Å²) < 4.78 is 17.5. The Balaban J connectivity index is 2.44. The first kappa shape index (κ1) is 8.71. The average molecular weight is 180 g/mol. The Hall–Kier alpha value is 0.620. The van der Waals surface area contributed by atoms with Gasteiger partial charge in [-0.2, -0.15) is 0 Å². The first-order valence-corrected chi connectivity index (χ1v) is 5.03. The molecular formula is C6H12O2S2. The van der Waals surface area contributed by atoms with Crippen molar-refractivity contribution < 1.29 is 9.11 Å². The van der Waals surface area contributed by atoms with Crippen molar-refractivity contribution in [3.05, 3.63) is 0 Å². The lowest BCUT2D eigenvalue weighted by Gasteiger charge is -2.30. The molecule has 60 valence electrons. The van der Waals surface area contributed by atoms with E-state index in [2.05, 4.69) is 0 Å². The Labute approximate surface area is 69.8 Å². The molecule has 0 aromatic carbocycles. The Bertz CT molecular complexity index is 95.9. The van der Waals surface area contributed by atoms with Crippen LogP contribution in [0.2, 0.25) is 0 Å². The third-order valence-electron chi connectivity index (χ3n) is 1.95. The smallest absolute Gasteiger partial charge is 0.113 e. The van der Waals surface area contributed by atoms with Crippen molar-refractivity contribution in [1.82, 2.24) is 0 Å². The van der Waals surface area contributed by atoms with E-state index in [4.69, 9.17) is 9.11 Å². The first-order valence-electron chi connectivity index (χ1n) is 3.48. The van der Waals surface area contributed by atoms with Gasteiger partial charge in [0, 0.05) is 24.1 Å². The van der Waals surface area contributed by atoms with Crippen LogP contribution in [0, 0.1) is 0 Å². The van der Waals surface area contributed by atoms with Crippen molar-refractivity contribution in [3.8, 4) is 0 Å². The van der Waals surface area contributed by atoms with Gasteiger partial charge in [0.15, 0.2) is 0 Å². The van der Waals surface area contributed by atoms with E-state index in [1.54, 1.807) is 0 Å². The predicted molar refractivity (Wildman–Crippen MR) is 46.3 cm³/mol. The van der Waals surface area contributed by atoms with E-state index in [0.717, 1.165) is 49.8 Å². The van der Waals surface area contributed by atoms with Crippen LogP contribution in [-0.4, -0.2) is 13.2 Å². The summed E-state index contributed by atoms with van der Waals surface area (Å²) in [5.41, 5.74) is 0. The molecule has 0 radical (unpaired) electrons. The minimum Gasteiger partial charge on any atom is -0.329 e. The molecule has 0 aromatic heterocycles. The van der Waals surface area contributed by atoms with Crippen LogP contribution in [0.25, 0.3) is 0 Å². The summed E-state index contributed by atoms with van der Waals surface area (Å²) in [5.74, 6) is 0. The molecule has 0 aliphatic heterocycles. The Morgan fingerprint density at radius 2 is 1.40 bits per heavy atom. The number of hydrogen-bond acceptors (Lipinski definition) is 4. The molecule has 1 saturated carbocycles. The quantitative estimate of drug-likeness (QED) is 0.506. The summed E-state index contributed by atoms with van der Waals surface area (Å²) in [7, 11) is 0. The molecule has 1 aliphatic carbocycles. The fourth-order valence-corrected chi connectivity index (χ4v) is 2.37. The van der Waals surface area contributed by atoms with Gasteiger partial charge < -0.3 is 9.11 Å². The van der Waals surface area contributed by atoms with Gasteiger partial charge in [0.2, 0.25) is 0 Å². The van der Waals surface area contributed by atoms with Gasteiger partial charge in [-0.1, -0.05) is 19.3 Å². The summed E-state index contributed by atoms with van der Waals surface area (Å²) >= 11 is 1.61. The van der Waals surface area contributed by atoms with E-state index in [1.807, 2.05) is 0 Å². The highest BCUT2D eigenvalue weighted by molar-refractivity contribution is 8.13. The molecule has 0 unspecified atom stereocenters. The molecule has 0 saturated heterocycles. The van der Waals surface area contributed by atoms with Crippen LogP contribution in [0.3, 0.4) is 0 Å². The third-order valence-corrected chi connectivity index (χ3v) is 3.88. The van der Waals surface area contributed by atoms with Crippen LogP contribution in [0.4, 0.5) is 0 Å². The van der Waals surface area contributed by atoms with E-state index in [1.165, 1.54) is 6.42 Å². The monoisotopic (exact) mass is 180 g/mol. The molecule has 2 N–H and O–H groups in total. The second-order valence-electron chi connectivity index (χ2n) is 2.65. The van der Waals surface area contributed by atoms with Crippen LogP contribution in [0.1, 0.15) is 32.1 Å². The lowest BCUT2D eigenvalue weighted by atomic mass is 10.00. The van der Waals surface area contributed by atoms with Crippen LogP contribution >= 0.6 is 24.1 Å². The van der Waals surface area contributed by atoms with Gasteiger partial charge >= 0.3 is 0 Å². The summed E-state index contributed by atoms with van der Waals surface area (Å²) in [6.45, 7) is 0. The first-order chi connectivity index (χ1) is 4.83. The van der Waals surface area contributed by atoms with Gasteiger partial charge in [-0.25, -0.2) is 0 Å². The highest BCUT2D eigenvalue weighted by Gasteiger charge is 2.33. The van der Waals surface area contributed by atoms with Crippen molar-refractivity contribution in [2.24, 2.45) is 0 Å². The predicted octanol–water partition coefficient (Wildman–Crippen LogP) is 3.06. The second kappa shape index (κ2) is 3.85. The molecule has 1 aliphatic rings. The van der Waals surface area contributed by atoms with Crippen LogP contribution in [0.15, 0.2) is 0 Å². The van der Waals surface area contributed by atoms with Crippen LogP contribution in [-0.2, 0) is 0 Å². The fraction of sp³-hybridized carbons (Fsp3) is 1.00. The SMILES string of the molecule is OSC1(SO)CCCCC1. The summed E-state index contributed by atoms with van der Waals surface area (Å²) in [4.78, 5) is 0. The zero-order valence-corrected chi connectivity index (χ0v) is 7.38. The molecule has 0 atom stereocenters. The van der Waals surface area contributed by atoms with Gasteiger partial charge in [-0.3, -0.25) is 0 Å². The molecule has 1 rings (SSSR count). The van der Waals surface area contributed by atoms with Crippen molar-refractivity contribution in [1.29, 1.82) is 0 Å². The minimum absolute atomic E-state index is 0.293. The fourth-order valence-electron chi connectivity index (χ4n) is 1.29. The van der Waals surface area contributed by atoms with Crippen molar-refractivity contribution in [2.75, 3.05) is 0 Å². The molecule has 0 bridgehead atoms. The summed E-state index contributed by atoms with van der Waals surface area (Å²) in [5, 5.41) is 0. The van der Waals surface area contributed by atoms with Gasteiger partial charge in [0.1, 0.15) is 4.08 Å². The van der Waals surface area contributed by atoms with Crippen molar-refractivity contribution >= 4 is 24.1 Å². The van der Waals surface area contributed by atoms with E-state index < -0.39 is 0 Å². The molecule has 4 heteroatoms. The lowest BCUT2D eigenvalue weighted by Crippen LogP contribution is -2.22. The highest BCUT2D eigenvalue weighted by atomic mass is 32.2. The third kappa shape index (κ3) is 1.81. The van der Waals surface area contributed by atoms with Crippen LogP contribution in [0.5, 0.6) is 0 Å². The Kier molecular flexibility index (Phi) is 3.36. The number of rotatable bonds is 2. The molecule has 0 amide bonds. The molecule has 0 heterocycles. The van der Waals surface area contributed by atoms with E-state index in [-0.39, 0.29) is 4.08 Å². The van der Waals surface area contributed by atoms with Crippen molar-refractivity contribution in [3.63, 3.8) is 0 Å². The molecule has 0 aromatic rings.